The third-order valence-corrected chi connectivity index (χ3v) is 1.99. The van der Waals surface area contributed by atoms with E-state index in [-0.39, 0.29) is 11.8 Å². The zero-order valence-corrected chi connectivity index (χ0v) is 10.0. The van der Waals surface area contributed by atoms with Crippen LogP contribution in [0, 0.1) is 5.41 Å². The minimum Gasteiger partial charge on any atom is -0.481 e. The molecule has 1 aliphatic rings. The first-order valence-corrected chi connectivity index (χ1v) is 5.18. The molecule has 1 fully saturated rings. The topological polar surface area (TPSA) is 57.6 Å². The lowest BCUT2D eigenvalue weighted by molar-refractivity contribution is -0.139. The van der Waals surface area contributed by atoms with E-state index in [1.807, 2.05) is 27.8 Å². The molecule has 1 rings (SSSR count). The van der Waals surface area contributed by atoms with Crippen LogP contribution in [0.2, 0.25) is 0 Å². The maximum atomic E-state index is 10.5. The lowest BCUT2D eigenvalue weighted by Gasteiger charge is -2.13. The van der Waals surface area contributed by atoms with Crippen LogP contribution < -0.4 is 0 Å². The van der Waals surface area contributed by atoms with Crippen molar-refractivity contribution in [2.75, 3.05) is 13.6 Å². The van der Waals surface area contributed by atoms with Crippen LogP contribution in [0.25, 0.3) is 0 Å². The first kappa shape index (κ1) is 13.9. The lowest BCUT2D eigenvalue weighted by Crippen LogP contribution is -2.17. The zero-order valence-electron chi connectivity index (χ0n) is 10.0. The van der Waals surface area contributed by atoms with E-state index in [0.717, 1.165) is 19.4 Å². The molecule has 0 aromatic carbocycles. The van der Waals surface area contributed by atoms with Crippen LogP contribution in [0.3, 0.4) is 0 Å². The fourth-order valence-electron chi connectivity index (χ4n) is 1.24. The summed E-state index contributed by atoms with van der Waals surface area (Å²) in [5.41, 5.74) is -0.0775. The largest absolute Gasteiger partial charge is 0.481 e. The van der Waals surface area contributed by atoms with Crippen molar-refractivity contribution in [3.05, 3.63) is 0 Å². The van der Waals surface area contributed by atoms with Crippen molar-refractivity contribution in [1.82, 2.24) is 4.90 Å². The second-order valence-corrected chi connectivity index (χ2v) is 5.05. The van der Waals surface area contributed by atoms with Gasteiger partial charge in [-0.3, -0.25) is 9.59 Å². The molecule has 1 saturated heterocycles. The molecule has 0 radical (unpaired) electrons. The third-order valence-electron chi connectivity index (χ3n) is 1.99. The number of hydrogen-bond acceptors (Lipinski definition) is 2. The van der Waals surface area contributed by atoms with Crippen LogP contribution in [0.4, 0.5) is 0 Å². The maximum absolute atomic E-state index is 10.5. The second-order valence-electron chi connectivity index (χ2n) is 5.05. The van der Waals surface area contributed by atoms with Crippen LogP contribution in [0.15, 0.2) is 0 Å². The van der Waals surface area contributed by atoms with Crippen molar-refractivity contribution >= 4 is 11.9 Å². The standard InChI is InChI=1S/C6H12O2.C5H9NO/c1-6(2,3)4-5(7)8;1-6-4-2-3-5(6)7/h4H2,1-3H3,(H,7,8);2-4H2,1H3. The summed E-state index contributed by atoms with van der Waals surface area (Å²) >= 11 is 0. The third kappa shape index (κ3) is 7.97. The molecule has 1 heterocycles. The smallest absolute Gasteiger partial charge is 0.303 e. The number of aliphatic carboxylic acids is 1. The van der Waals surface area contributed by atoms with E-state index < -0.39 is 5.97 Å². The summed E-state index contributed by atoms with van der Waals surface area (Å²) < 4.78 is 0. The number of carboxylic acids is 1. The maximum Gasteiger partial charge on any atom is 0.303 e. The molecule has 1 aliphatic heterocycles. The molecule has 0 aliphatic carbocycles. The number of nitrogens with zero attached hydrogens (tertiary/aromatic N) is 1. The normalized spacial score (nSPS) is 16.0. The van der Waals surface area contributed by atoms with Gasteiger partial charge >= 0.3 is 5.97 Å². The number of carbonyl (C=O) groups excluding carboxylic acids is 1. The Balaban J connectivity index is 0.000000262. The molecule has 4 nitrogen and oxygen atoms in total. The Kier molecular flexibility index (Phi) is 5.33. The molecule has 0 bridgehead atoms. The highest BCUT2D eigenvalue weighted by molar-refractivity contribution is 5.77. The summed E-state index contributed by atoms with van der Waals surface area (Å²) in [6, 6.07) is 0. The van der Waals surface area contributed by atoms with Crippen molar-refractivity contribution in [1.29, 1.82) is 0 Å². The number of amides is 1. The van der Waals surface area contributed by atoms with Crippen LogP contribution in [-0.2, 0) is 9.59 Å². The molecular formula is C11H21NO3. The molecular weight excluding hydrogens is 194 g/mol. The van der Waals surface area contributed by atoms with Gasteiger partial charge in [0, 0.05) is 20.0 Å². The van der Waals surface area contributed by atoms with E-state index in [0.29, 0.717) is 5.91 Å². The van der Waals surface area contributed by atoms with Crippen molar-refractivity contribution in [3.63, 3.8) is 0 Å². The van der Waals surface area contributed by atoms with Gasteiger partial charge in [-0.05, 0) is 11.8 Å². The van der Waals surface area contributed by atoms with Gasteiger partial charge in [0.25, 0.3) is 0 Å². The molecule has 88 valence electrons. The highest BCUT2D eigenvalue weighted by atomic mass is 16.4. The first-order chi connectivity index (χ1) is 6.72. The van der Waals surface area contributed by atoms with Gasteiger partial charge in [0.1, 0.15) is 0 Å². The van der Waals surface area contributed by atoms with E-state index in [1.54, 1.807) is 4.90 Å². The van der Waals surface area contributed by atoms with Crippen molar-refractivity contribution in [3.8, 4) is 0 Å². The highest BCUT2D eigenvalue weighted by Crippen LogP contribution is 2.17. The Hall–Kier alpha value is -1.06. The monoisotopic (exact) mass is 215 g/mol. The van der Waals surface area contributed by atoms with Crippen LogP contribution in [0.5, 0.6) is 0 Å². The molecule has 4 heteroatoms. The fraction of sp³-hybridized carbons (Fsp3) is 0.818. The Morgan fingerprint density at radius 1 is 1.47 bits per heavy atom. The summed E-state index contributed by atoms with van der Waals surface area (Å²) in [4.78, 5) is 22.3. The van der Waals surface area contributed by atoms with Crippen molar-refractivity contribution in [2.45, 2.75) is 40.0 Å². The second kappa shape index (κ2) is 5.73. The minimum atomic E-state index is -0.725. The number of rotatable bonds is 1. The van der Waals surface area contributed by atoms with Crippen molar-refractivity contribution < 1.29 is 14.7 Å². The molecule has 15 heavy (non-hydrogen) atoms. The summed E-state index contributed by atoms with van der Waals surface area (Å²) in [6.45, 7) is 6.67. The first-order valence-electron chi connectivity index (χ1n) is 5.18. The lowest BCUT2D eigenvalue weighted by atomic mass is 9.93. The van der Waals surface area contributed by atoms with Crippen LogP contribution in [0.1, 0.15) is 40.0 Å². The molecule has 0 aromatic heterocycles. The number of hydrogen-bond donors (Lipinski definition) is 1. The number of likely N-dealkylation sites (tertiary alicyclic amines) is 1. The molecule has 1 N–H and O–H groups in total. The molecule has 0 saturated carbocycles. The molecule has 0 spiro atoms. The summed E-state index contributed by atoms with van der Waals surface area (Å²) in [5, 5.41) is 8.25. The molecule has 0 atom stereocenters. The average Bonchev–Trinajstić information content (AvgIpc) is 2.31. The zero-order chi connectivity index (χ0) is 12.1. The van der Waals surface area contributed by atoms with E-state index >= 15 is 0 Å². The SMILES string of the molecule is CC(C)(C)CC(=O)O.CN1CCCC1=O. The predicted molar refractivity (Wildman–Crippen MR) is 58.6 cm³/mol. The Morgan fingerprint density at radius 3 is 2.07 bits per heavy atom. The van der Waals surface area contributed by atoms with Gasteiger partial charge in [-0.25, -0.2) is 0 Å². The van der Waals surface area contributed by atoms with E-state index in [9.17, 15) is 9.59 Å². The summed E-state index contributed by atoms with van der Waals surface area (Å²) in [6.07, 6.45) is 2.05. The minimum absolute atomic E-state index is 0.0775. The van der Waals surface area contributed by atoms with Crippen LogP contribution >= 0.6 is 0 Å². The van der Waals surface area contributed by atoms with Gasteiger partial charge in [0.05, 0.1) is 6.42 Å². The molecule has 0 unspecified atom stereocenters. The van der Waals surface area contributed by atoms with Gasteiger partial charge in [-0.1, -0.05) is 20.8 Å². The fourth-order valence-corrected chi connectivity index (χ4v) is 1.24. The molecule has 0 aromatic rings. The van der Waals surface area contributed by atoms with Crippen LogP contribution in [-0.4, -0.2) is 35.5 Å². The Bertz CT molecular complexity index is 230. The van der Waals surface area contributed by atoms with E-state index in [2.05, 4.69) is 0 Å². The van der Waals surface area contributed by atoms with Gasteiger partial charge in [-0.15, -0.1) is 0 Å². The summed E-state index contributed by atoms with van der Waals surface area (Å²) in [7, 11) is 1.84. The molecule has 1 amide bonds. The highest BCUT2D eigenvalue weighted by Gasteiger charge is 2.14. The van der Waals surface area contributed by atoms with Crippen molar-refractivity contribution in [2.24, 2.45) is 5.41 Å². The predicted octanol–water partition coefficient (Wildman–Crippen LogP) is 1.75. The van der Waals surface area contributed by atoms with Gasteiger partial charge in [-0.2, -0.15) is 0 Å². The van der Waals surface area contributed by atoms with Gasteiger partial charge < -0.3 is 10.0 Å². The van der Waals surface area contributed by atoms with E-state index in [4.69, 9.17) is 5.11 Å². The summed E-state index contributed by atoms with van der Waals surface area (Å²) in [5.74, 6) is -0.433. The van der Waals surface area contributed by atoms with E-state index in [1.165, 1.54) is 0 Å². The number of carbonyl (C=O) groups is 2. The average molecular weight is 215 g/mol. The van der Waals surface area contributed by atoms with Gasteiger partial charge in [0.2, 0.25) is 5.91 Å². The van der Waals surface area contributed by atoms with Gasteiger partial charge in [0.15, 0.2) is 0 Å². The number of carboxylic acid groups (broad SMARTS) is 1. The Labute approximate surface area is 91.3 Å². The quantitative estimate of drug-likeness (QED) is 0.725. The Morgan fingerprint density at radius 2 is 2.00 bits per heavy atom.